The molecule has 0 heterocycles. The maximum atomic E-state index is 3.00. The van der Waals surface area contributed by atoms with Gasteiger partial charge in [-0.25, -0.2) is 0 Å². The fraction of sp³-hybridized carbons (Fsp3) is 0.333. The van der Waals surface area contributed by atoms with Crippen LogP contribution in [-0.4, -0.2) is 0 Å². The van der Waals surface area contributed by atoms with Gasteiger partial charge < -0.3 is 0 Å². The van der Waals surface area contributed by atoms with Crippen LogP contribution in [0.15, 0.2) is 67.3 Å². The molecule has 0 saturated heterocycles. The maximum absolute atomic E-state index is 3.00. The van der Waals surface area contributed by atoms with E-state index >= 15 is 0 Å². The maximum Gasteiger partial charge on any atom is -0.0117 e. The monoisotopic (exact) mass is 320 g/mol. The fourth-order valence-electron chi connectivity index (χ4n) is 3.14. The van der Waals surface area contributed by atoms with E-state index in [9.17, 15) is 0 Å². The van der Waals surface area contributed by atoms with Gasteiger partial charge in [0, 0.05) is 0 Å². The SMILES string of the molecule is C=C.CCCC(CCC)=C(c1ccccc1)c1cc(C)ccc1C. The Kier molecular flexibility index (Phi) is 8.86. The molecule has 2 aromatic carbocycles. The summed E-state index contributed by atoms with van der Waals surface area (Å²) < 4.78 is 0. The lowest BCUT2D eigenvalue weighted by Gasteiger charge is -2.18. The molecule has 0 aliphatic carbocycles. The van der Waals surface area contributed by atoms with Gasteiger partial charge in [-0.05, 0) is 49.0 Å². The number of hydrogen-bond donors (Lipinski definition) is 0. The Labute approximate surface area is 148 Å². The Morgan fingerprint density at radius 3 is 1.96 bits per heavy atom. The molecule has 0 aromatic heterocycles. The number of rotatable bonds is 6. The van der Waals surface area contributed by atoms with Crippen molar-refractivity contribution in [2.75, 3.05) is 0 Å². The highest BCUT2D eigenvalue weighted by atomic mass is 14.2. The van der Waals surface area contributed by atoms with E-state index < -0.39 is 0 Å². The van der Waals surface area contributed by atoms with E-state index in [0.717, 1.165) is 0 Å². The number of allylic oxidation sites excluding steroid dienone is 1. The van der Waals surface area contributed by atoms with Crippen molar-refractivity contribution in [3.05, 3.63) is 89.5 Å². The molecule has 0 spiro atoms. The Hall–Kier alpha value is -2.08. The summed E-state index contributed by atoms with van der Waals surface area (Å²) in [5.74, 6) is 0. The lowest BCUT2D eigenvalue weighted by molar-refractivity contribution is 0.806. The average molecular weight is 321 g/mol. The van der Waals surface area contributed by atoms with E-state index in [1.165, 1.54) is 53.5 Å². The Bertz CT molecular complexity index is 639. The van der Waals surface area contributed by atoms with Gasteiger partial charge in [-0.3, -0.25) is 0 Å². The molecule has 24 heavy (non-hydrogen) atoms. The van der Waals surface area contributed by atoms with Crippen molar-refractivity contribution in [3.8, 4) is 0 Å². The minimum absolute atomic E-state index is 1.19. The third kappa shape index (κ3) is 5.23. The summed E-state index contributed by atoms with van der Waals surface area (Å²) >= 11 is 0. The van der Waals surface area contributed by atoms with Gasteiger partial charge in [0.05, 0.1) is 0 Å². The van der Waals surface area contributed by atoms with Gasteiger partial charge in [0.15, 0.2) is 0 Å². The summed E-state index contributed by atoms with van der Waals surface area (Å²) in [6.45, 7) is 15.0. The summed E-state index contributed by atoms with van der Waals surface area (Å²) in [4.78, 5) is 0. The Morgan fingerprint density at radius 1 is 0.833 bits per heavy atom. The molecule has 0 atom stereocenters. The first kappa shape index (κ1) is 20.0. The second-order valence-corrected chi connectivity index (χ2v) is 6.16. The van der Waals surface area contributed by atoms with Crippen molar-refractivity contribution in [3.63, 3.8) is 0 Å². The summed E-state index contributed by atoms with van der Waals surface area (Å²) in [5.41, 5.74) is 8.53. The van der Waals surface area contributed by atoms with Gasteiger partial charge in [0.25, 0.3) is 0 Å². The van der Waals surface area contributed by atoms with Gasteiger partial charge in [-0.1, -0.05) is 86.4 Å². The predicted octanol–water partition coefficient (Wildman–Crippen LogP) is 7.51. The molecule has 0 amide bonds. The van der Waals surface area contributed by atoms with Gasteiger partial charge >= 0.3 is 0 Å². The van der Waals surface area contributed by atoms with E-state index in [4.69, 9.17) is 0 Å². The molecule has 0 N–H and O–H groups in total. The van der Waals surface area contributed by atoms with Crippen LogP contribution in [0.4, 0.5) is 0 Å². The highest BCUT2D eigenvalue weighted by molar-refractivity contribution is 5.83. The van der Waals surface area contributed by atoms with Crippen LogP contribution in [0.1, 0.15) is 61.8 Å². The predicted molar refractivity (Wildman–Crippen MR) is 109 cm³/mol. The average Bonchev–Trinajstić information content (AvgIpc) is 2.61. The highest BCUT2D eigenvalue weighted by Gasteiger charge is 2.13. The van der Waals surface area contributed by atoms with Crippen molar-refractivity contribution in [2.45, 2.75) is 53.4 Å². The first-order valence-corrected chi connectivity index (χ1v) is 9.02. The van der Waals surface area contributed by atoms with Crippen LogP contribution in [0.2, 0.25) is 0 Å². The number of hydrogen-bond acceptors (Lipinski definition) is 0. The molecule has 0 bridgehead atoms. The van der Waals surface area contributed by atoms with Crippen molar-refractivity contribution in [1.29, 1.82) is 0 Å². The third-order valence-electron chi connectivity index (χ3n) is 4.18. The van der Waals surface area contributed by atoms with Crippen molar-refractivity contribution < 1.29 is 0 Å². The van der Waals surface area contributed by atoms with Crippen LogP contribution >= 0.6 is 0 Å². The van der Waals surface area contributed by atoms with Crippen molar-refractivity contribution >= 4 is 5.57 Å². The normalized spacial score (nSPS) is 9.83. The van der Waals surface area contributed by atoms with E-state index in [0.29, 0.717) is 0 Å². The van der Waals surface area contributed by atoms with E-state index in [-0.39, 0.29) is 0 Å². The van der Waals surface area contributed by atoms with E-state index in [1.54, 1.807) is 5.57 Å². The zero-order valence-corrected chi connectivity index (χ0v) is 15.9. The van der Waals surface area contributed by atoms with Crippen LogP contribution in [0.3, 0.4) is 0 Å². The Balaban J connectivity index is 0.00000139. The third-order valence-corrected chi connectivity index (χ3v) is 4.18. The van der Waals surface area contributed by atoms with Crippen molar-refractivity contribution in [1.82, 2.24) is 0 Å². The second-order valence-electron chi connectivity index (χ2n) is 6.16. The quantitative estimate of drug-likeness (QED) is 0.483. The summed E-state index contributed by atoms with van der Waals surface area (Å²) in [6.07, 6.45) is 4.78. The molecule has 0 saturated carbocycles. The lowest BCUT2D eigenvalue weighted by atomic mass is 9.86. The Morgan fingerprint density at radius 2 is 1.42 bits per heavy atom. The van der Waals surface area contributed by atoms with Crippen LogP contribution in [-0.2, 0) is 0 Å². The molecule has 2 rings (SSSR count). The molecule has 2 aromatic rings. The van der Waals surface area contributed by atoms with Crippen LogP contribution in [0.5, 0.6) is 0 Å². The van der Waals surface area contributed by atoms with Crippen molar-refractivity contribution in [2.24, 2.45) is 0 Å². The molecule has 128 valence electrons. The molecule has 0 aliphatic heterocycles. The summed E-state index contributed by atoms with van der Waals surface area (Å²) in [5, 5.41) is 0. The first-order chi connectivity index (χ1) is 11.7. The molecule has 0 radical (unpaired) electrons. The zero-order valence-electron chi connectivity index (χ0n) is 15.9. The molecule has 0 nitrogen and oxygen atoms in total. The van der Waals surface area contributed by atoms with E-state index in [2.05, 4.69) is 89.4 Å². The minimum Gasteiger partial charge on any atom is -0.106 e. The topological polar surface area (TPSA) is 0 Å². The number of aryl methyl sites for hydroxylation is 2. The fourth-order valence-corrected chi connectivity index (χ4v) is 3.14. The second kappa shape index (κ2) is 10.6. The first-order valence-electron chi connectivity index (χ1n) is 9.02. The van der Waals surface area contributed by atoms with Crippen LogP contribution in [0.25, 0.3) is 5.57 Å². The smallest absolute Gasteiger partial charge is 0.0117 e. The highest BCUT2D eigenvalue weighted by Crippen LogP contribution is 2.33. The summed E-state index contributed by atoms with van der Waals surface area (Å²) in [7, 11) is 0. The standard InChI is InChI=1S/C22H28.C2H4/c1-5-10-19(11-6-2)22(20-12-8-7-9-13-20)21-16-17(3)14-15-18(21)4;1-2/h7-9,12-16H,5-6,10-11H2,1-4H3;1-2H2. The molecule has 0 unspecified atom stereocenters. The van der Waals surface area contributed by atoms with Crippen LogP contribution in [0, 0.1) is 13.8 Å². The van der Waals surface area contributed by atoms with Gasteiger partial charge in [-0.15, -0.1) is 13.2 Å². The molecule has 0 aliphatic rings. The number of benzene rings is 2. The van der Waals surface area contributed by atoms with Crippen LogP contribution < -0.4 is 0 Å². The zero-order chi connectivity index (χ0) is 17.9. The largest absolute Gasteiger partial charge is 0.106 e. The lowest BCUT2D eigenvalue weighted by Crippen LogP contribution is -1.98. The van der Waals surface area contributed by atoms with E-state index in [1.807, 2.05) is 0 Å². The molecular formula is C24H32. The molecule has 0 heteroatoms. The molecule has 0 fully saturated rings. The summed E-state index contributed by atoms with van der Waals surface area (Å²) in [6, 6.07) is 17.7. The van der Waals surface area contributed by atoms with Gasteiger partial charge in [0.1, 0.15) is 0 Å². The van der Waals surface area contributed by atoms with Gasteiger partial charge in [0.2, 0.25) is 0 Å². The minimum atomic E-state index is 1.19. The van der Waals surface area contributed by atoms with Gasteiger partial charge in [-0.2, -0.15) is 0 Å². The molecular weight excluding hydrogens is 288 g/mol.